The lowest BCUT2D eigenvalue weighted by atomic mass is 10.2. The number of hydrogen-bond acceptors (Lipinski definition) is 3. The maximum absolute atomic E-state index is 11.9. The molecule has 7 heteroatoms. The van der Waals surface area contributed by atoms with Crippen molar-refractivity contribution in [2.45, 2.75) is 6.43 Å². The molecule has 1 rings (SSSR count). The van der Waals surface area contributed by atoms with E-state index in [-0.39, 0.29) is 11.6 Å². The fourth-order valence-corrected chi connectivity index (χ4v) is 1.48. The highest BCUT2D eigenvalue weighted by Crippen LogP contribution is 2.26. The number of ether oxygens (including phenoxy) is 1. The van der Waals surface area contributed by atoms with Crippen molar-refractivity contribution in [2.75, 3.05) is 6.61 Å². The molecule has 0 heterocycles. The van der Waals surface area contributed by atoms with Gasteiger partial charge in [0.2, 0.25) is 0 Å². The van der Waals surface area contributed by atoms with E-state index >= 15 is 0 Å². The summed E-state index contributed by atoms with van der Waals surface area (Å²) in [4.78, 5) is 0. The molecule has 0 aliphatic heterocycles. The van der Waals surface area contributed by atoms with Crippen LogP contribution >= 0.6 is 15.9 Å². The third-order valence-corrected chi connectivity index (χ3v) is 2.32. The Labute approximate surface area is 98.8 Å². The van der Waals surface area contributed by atoms with Gasteiger partial charge in [-0.25, -0.2) is 8.78 Å². The normalized spacial score (nSPS) is 11.9. The SMILES string of the molecule is N/C(=N/O)c1ccc(OCC(F)F)c(Br)c1. The third kappa shape index (κ3) is 3.34. The van der Waals surface area contributed by atoms with Crippen molar-refractivity contribution >= 4 is 21.8 Å². The third-order valence-electron chi connectivity index (χ3n) is 1.70. The molecule has 16 heavy (non-hydrogen) atoms. The van der Waals surface area contributed by atoms with Gasteiger partial charge in [-0.2, -0.15) is 0 Å². The van der Waals surface area contributed by atoms with E-state index in [1.54, 1.807) is 0 Å². The Bertz CT molecular complexity index is 399. The maximum atomic E-state index is 11.9. The Morgan fingerprint density at radius 1 is 1.56 bits per heavy atom. The van der Waals surface area contributed by atoms with Gasteiger partial charge in [0.1, 0.15) is 12.4 Å². The van der Waals surface area contributed by atoms with E-state index < -0.39 is 13.0 Å². The van der Waals surface area contributed by atoms with Gasteiger partial charge in [0.25, 0.3) is 6.43 Å². The first-order valence-electron chi connectivity index (χ1n) is 4.23. The summed E-state index contributed by atoms with van der Waals surface area (Å²) in [5.74, 6) is 0.205. The highest BCUT2D eigenvalue weighted by Gasteiger charge is 2.08. The fourth-order valence-electron chi connectivity index (χ4n) is 0.988. The van der Waals surface area contributed by atoms with Crippen molar-refractivity contribution in [1.82, 2.24) is 0 Å². The Morgan fingerprint density at radius 3 is 2.75 bits per heavy atom. The molecule has 0 fully saturated rings. The van der Waals surface area contributed by atoms with E-state index in [0.717, 1.165) is 0 Å². The maximum Gasteiger partial charge on any atom is 0.272 e. The molecule has 88 valence electrons. The first kappa shape index (κ1) is 12.7. The van der Waals surface area contributed by atoms with Crippen molar-refractivity contribution in [3.8, 4) is 5.75 Å². The van der Waals surface area contributed by atoms with Crippen LogP contribution in [0, 0.1) is 0 Å². The lowest BCUT2D eigenvalue weighted by Crippen LogP contribution is -2.13. The molecule has 0 spiro atoms. The molecule has 0 aliphatic carbocycles. The van der Waals surface area contributed by atoms with E-state index in [4.69, 9.17) is 15.7 Å². The molecule has 0 aromatic heterocycles. The van der Waals surface area contributed by atoms with Crippen LogP contribution in [0.25, 0.3) is 0 Å². The highest BCUT2D eigenvalue weighted by atomic mass is 79.9. The minimum atomic E-state index is -2.53. The van der Waals surface area contributed by atoms with Crippen LogP contribution in [0.5, 0.6) is 5.75 Å². The van der Waals surface area contributed by atoms with Gasteiger partial charge in [-0.05, 0) is 34.1 Å². The van der Waals surface area contributed by atoms with Crippen molar-refractivity contribution in [1.29, 1.82) is 0 Å². The van der Waals surface area contributed by atoms with Crippen LogP contribution in [0.3, 0.4) is 0 Å². The Hall–Kier alpha value is -1.37. The molecule has 0 amide bonds. The van der Waals surface area contributed by atoms with Crippen LogP contribution in [0.4, 0.5) is 8.78 Å². The molecule has 0 saturated heterocycles. The van der Waals surface area contributed by atoms with Crippen LogP contribution < -0.4 is 10.5 Å². The Balaban J connectivity index is 2.83. The second-order valence-electron chi connectivity index (χ2n) is 2.83. The van der Waals surface area contributed by atoms with Crippen LogP contribution in [-0.4, -0.2) is 24.1 Å². The summed E-state index contributed by atoms with van der Waals surface area (Å²) in [5.41, 5.74) is 5.81. The van der Waals surface area contributed by atoms with Gasteiger partial charge < -0.3 is 15.7 Å². The number of amidine groups is 1. The Morgan fingerprint density at radius 2 is 2.25 bits per heavy atom. The molecule has 1 aromatic carbocycles. The summed E-state index contributed by atoms with van der Waals surface area (Å²) in [6, 6.07) is 4.47. The predicted octanol–water partition coefficient (Wildman–Crippen LogP) is 2.19. The first-order valence-corrected chi connectivity index (χ1v) is 5.02. The summed E-state index contributed by atoms with van der Waals surface area (Å²) in [6.07, 6.45) is -2.53. The minimum Gasteiger partial charge on any atom is -0.486 e. The van der Waals surface area contributed by atoms with Crippen LogP contribution in [-0.2, 0) is 0 Å². The molecular formula is C9H9BrF2N2O2. The molecule has 0 bridgehead atoms. The largest absolute Gasteiger partial charge is 0.486 e. The fraction of sp³-hybridized carbons (Fsp3) is 0.222. The van der Waals surface area contributed by atoms with Gasteiger partial charge in [-0.1, -0.05) is 5.16 Å². The molecule has 1 aromatic rings. The topological polar surface area (TPSA) is 67.8 Å². The molecule has 0 saturated carbocycles. The summed E-state index contributed by atoms with van der Waals surface area (Å²) in [7, 11) is 0. The van der Waals surface area contributed by atoms with Gasteiger partial charge in [0.05, 0.1) is 4.47 Å². The van der Waals surface area contributed by atoms with Crippen molar-refractivity contribution in [3.63, 3.8) is 0 Å². The van der Waals surface area contributed by atoms with E-state index in [9.17, 15) is 8.78 Å². The zero-order chi connectivity index (χ0) is 12.1. The van der Waals surface area contributed by atoms with Gasteiger partial charge in [-0.15, -0.1) is 0 Å². The summed E-state index contributed by atoms with van der Waals surface area (Å²) >= 11 is 3.13. The van der Waals surface area contributed by atoms with Crippen molar-refractivity contribution in [2.24, 2.45) is 10.9 Å². The molecule has 0 unspecified atom stereocenters. The number of hydrogen-bond donors (Lipinski definition) is 2. The van der Waals surface area contributed by atoms with E-state index in [0.29, 0.717) is 10.0 Å². The highest BCUT2D eigenvalue weighted by molar-refractivity contribution is 9.10. The summed E-state index contributed by atoms with van der Waals surface area (Å²) in [5, 5.41) is 11.3. The van der Waals surface area contributed by atoms with Crippen LogP contribution in [0.1, 0.15) is 5.56 Å². The Kier molecular flexibility index (Phi) is 4.48. The standard InChI is InChI=1S/C9H9BrF2N2O2/c10-6-3-5(9(13)14-15)1-2-7(6)16-4-8(11)12/h1-3,8,15H,4H2,(H2,13,14). The number of nitrogens with zero attached hydrogens (tertiary/aromatic N) is 1. The van der Waals surface area contributed by atoms with Gasteiger partial charge in [-0.3, -0.25) is 0 Å². The second-order valence-corrected chi connectivity index (χ2v) is 3.69. The molecule has 0 atom stereocenters. The zero-order valence-electron chi connectivity index (χ0n) is 8.03. The molecule has 0 radical (unpaired) electrons. The molecule has 0 aliphatic rings. The van der Waals surface area contributed by atoms with Gasteiger partial charge in [0.15, 0.2) is 5.84 Å². The zero-order valence-corrected chi connectivity index (χ0v) is 9.62. The second kappa shape index (κ2) is 5.64. The van der Waals surface area contributed by atoms with Crippen LogP contribution in [0.2, 0.25) is 0 Å². The quantitative estimate of drug-likeness (QED) is 0.387. The monoisotopic (exact) mass is 294 g/mol. The average Bonchev–Trinajstić information content (AvgIpc) is 2.26. The van der Waals surface area contributed by atoms with Crippen molar-refractivity contribution < 1.29 is 18.7 Å². The number of halogens is 3. The number of rotatable bonds is 4. The first-order chi connectivity index (χ1) is 7.54. The number of oxime groups is 1. The van der Waals surface area contributed by atoms with Gasteiger partial charge >= 0.3 is 0 Å². The number of benzene rings is 1. The molecule has 3 N–H and O–H groups in total. The lowest BCUT2D eigenvalue weighted by Gasteiger charge is -2.08. The van der Waals surface area contributed by atoms with Crippen molar-refractivity contribution in [3.05, 3.63) is 28.2 Å². The molecule has 4 nitrogen and oxygen atoms in total. The summed E-state index contributed by atoms with van der Waals surface area (Å²) < 4.78 is 29.1. The molecular weight excluding hydrogens is 286 g/mol. The summed E-state index contributed by atoms with van der Waals surface area (Å²) in [6.45, 7) is -0.679. The minimum absolute atomic E-state index is 0.0684. The van der Waals surface area contributed by atoms with Gasteiger partial charge in [0, 0.05) is 5.56 Å². The van der Waals surface area contributed by atoms with Crippen LogP contribution in [0.15, 0.2) is 27.8 Å². The number of alkyl halides is 2. The average molecular weight is 295 g/mol. The predicted molar refractivity (Wildman–Crippen MR) is 58.2 cm³/mol. The number of nitrogens with two attached hydrogens (primary N) is 1. The van der Waals surface area contributed by atoms with E-state index in [1.165, 1.54) is 18.2 Å². The van der Waals surface area contributed by atoms with E-state index in [1.807, 2.05) is 0 Å². The lowest BCUT2D eigenvalue weighted by molar-refractivity contribution is 0.0815. The van der Waals surface area contributed by atoms with E-state index in [2.05, 4.69) is 21.1 Å². The smallest absolute Gasteiger partial charge is 0.272 e.